The highest BCUT2D eigenvalue weighted by Crippen LogP contribution is 2.37. The summed E-state index contributed by atoms with van der Waals surface area (Å²) >= 11 is 0. The van der Waals surface area contributed by atoms with Gasteiger partial charge in [0.2, 0.25) is 0 Å². The van der Waals surface area contributed by atoms with E-state index in [1.165, 1.54) is 5.39 Å². The predicted molar refractivity (Wildman–Crippen MR) is 79.6 cm³/mol. The molecule has 3 atom stereocenters. The van der Waals surface area contributed by atoms with E-state index in [4.69, 9.17) is 4.98 Å². The molecule has 2 aliphatic heterocycles. The third-order valence-corrected chi connectivity index (χ3v) is 5.04. The van der Waals surface area contributed by atoms with Gasteiger partial charge >= 0.3 is 0 Å². The van der Waals surface area contributed by atoms with Crippen LogP contribution in [0.25, 0.3) is 10.9 Å². The van der Waals surface area contributed by atoms with Crippen LogP contribution in [0.4, 0.5) is 0 Å². The van der Waals surface area contributed by atoms with Crippen LogP contribution in [0.1, 0.15) is 18.5 Å². The highest BCUT2D eigenvalue weighted by molar-refractivity contribution is 5.78. The van der Waals surface area contributed by atoms with Crippen molar-refractivity contribution in [1.29, 1.82) is 0 Å². The Balaban J connectivity index is 1.63. The summed E-state index contributed by atoms with van der Waals surface area (Å²) in [7, 11) is 0. The largest absolute Gasteiger partial charge is 0.389 e. The van der Waals surface area contributed by atoms with Crippen LogP contribution in [0.3, 0.4) is 0 Å². The number of piperidine rings is 1. The van der Waals surface area contributed by atoms with Crippen molar-refractivity contribution in [3.05, 3.63) is 42.1 Å². The number of aliphatic hydroxyl groups is 1. The summed E-state index contributed by atoms with van der Waals surface area (Å²) in [4.78, 5) is 7.19. The van der Waals surface area contributed by atoms with Gasteiger partial charge in [0.1, 0.15) is 0 Å². The maximum Gasteiger partial charge on any atom is 0.0755 e. The maximum atomic E-state index is 11.0. The van der Waals surface area contributed by atoms with Crippen LogP contribution in [-0.4, -0.2) is 40.2 Å². The van der Waals surface area contributed by atoms with Crippen LogP contribution < -0.4 is 0 Å². The molecule has 1 aromatic carbocycles. The summed E-state index contributed by atoms with van der Waals surface area (Å²) in [5.74, 6) is 0.421. The average molecular weight is 268 g/mol. The number of fused-ring (bicyclic) bond motifs is 3. The summed E-state index contributed by atoms with van der Waals surface area (Å²) in [6.07, 6.45) is 2.70. The molecule has 0 saturated carbocycles. The number of rotatable bonds is 2. The standard InChI is InChI=1S/C17H20N2O/c20-17(8-10-19-9-7-14(17)12-19)11-15-6-5-13-3-1-2-4-16(13)18-15/h1-6,14,20H,7-12H2. The van der Waals surface area contributed by atoms with Crippen molar-refractivity contribution >= 4 is 10.9 Å². The van der Waals surface area contributed by atoms with Gasteiger partial charge in [0, 0.05) is 36.5 Å². The Bertz CT molecular complexity index is 642. The average Bonchev–Trinajstić information content (AvgIpc) is 2.89. The number of nitrogens with zero attached hydrogens (tertiary/aromatic N) is 2. The second kappa shape index (κ2) is 4.54. The Morgan fingerprint density at radius 1 is 1.20 bits per heavy atom. The van der Waals surface area contributed by atoms with E-state index < -0.39 is 5.60 Å². The summed E-state index contributed by atoms with van der Waals surface area (Å²) in [5.41, 5.74) is 1.49. The molecule has 3 unspecified atom stereocenters. The van der Waals surface area contributed by atoms with E-state index in [1.54, 1.807) is 0 Å². The summed E-state index contributed by atoms with van der Waals surface area (Å²) in [6.45, 7) is 3.24. The SMILES string of the molecule is OC1(Cc2ccc3ccccc3n2)CCN2CCC1C2. The Hall–Kier alpha value is -1.45. The van der Waals surface area contributed by atoms with Crippen LogP contribution in [0.2, 0.25) is 0 Å². The van der Waals surface area contributed by atoms with Gasteiger partial charge in [-0.1, -0.05) is 24.3 Å². The normalized spacial score (nSPS) is 32.6. The van der Waals surface area contributed by atoms with Crippen molar-refractivity contribution in [2.24, 2.45) is 5.92 Å². The van der Waals surface area contributed by atoms with Crippen molar-refractivity contribution < 1.29 is 5.11 Å². The second-order valence-corrected chi connectivity index (χ2v) is 6.31. The van der Waals surface area contributed by atoms with Gasteiger partial charge in [-0.2, -0.15) is 0 Å². The zero-order valence-electron chi connectivity index (χ0n) is 11.6. The van der Waals surface area contributed by atoms with E-state index >= 15 is 0 Å². The molecule has 2 fully saturated rings. The predicted octanol–water partition coefficient (Wildman–Crippen LogP) is 2.23. The molecule has 0 radical (unpaired) electrons. The zero-order chi connectivity index (χ0) is 13.6. The van der Waals surface area contributed by atoms with Crippen LogP contribution in [0, 0.1) is 5.92 Å². The minimum atomic E-state index is -0.553. The van der Waals surface area contributed by atoms with Crippen LogP contribution in [0.5, 0.6) is 0 Å². The molecule has 2 saturated heterocycles. The molecule has 1 N–H and O–H groups in total. The van der Waals surface area contributed by atoms with Gasteiger partial charge in [-0.25, -0.2) is 0 Å². The molecule has 0 aliphatic carbocycles. The van der Waals surface area contributed by atoms with E-state index in [-0.39, 0.29) is 0 Å². The Labute approximate surface area is 119 Å². The molecule has 3 heteroatoms. The molecular formula is C17H20N2O. The number of para-hydroxylation sites is 1. The maximum absolute atomic E-state index is 11.0. The molecule has 20 heavy (non-hydrogen) atoms. The van der Waals surface area contributed by atoms with E-state index in [2.05, 4.69) is 23.1 Å². The van der Waals surface area contributed by atoms with E-state index in [1.807, 2.05) is 18.2 Å². The lowest BCUT2D eigenvalue weighted by atomic mass is 9.79. The van der Waals surface area contributed by atoms with Gasteiger partial charge in [0.05, 0.1) is 11.1 Å². The number of hydrogen-bond donors (Lipinski definition) is 1. The first-order valence-electron chi connectivity index (χ1n) is 7.52. The summed E-state index contributed by atoms with van der Waals surface area (Å²) in [5, 5.41) is 12.2. The van der Waals surface area contributed by atoms with Gasteiger partial charge in [0.25, 0.3) is 0 Å². The first-order chi connectivity index (χ1) is 9.73. The lowest BCUT2D eigenvalue weighted by molar-refractivity contribution is -0.0445. The van der Waals surface area contributed by atoms with Crippen molar-refractivity contribution in [1.82, 2.24) is 9.88 Å². The minimum Gasteiger partial charge on any atom is -0.389 e. The van der Waals surface area contributed by atoms with Gasteiger partial charge < -0.3 is 10.0 Å². The van der Waals surface area contributed by atoms with Gasteiger partial charge in [-0.3, -0.25) is 4.98 Å². The number of benzene rings is 1. The van der Waals surface area contributed by atoms with Gasteiger partial charge in [-0.15, -0.1) is 0 Å². The van der Waals surface area contributed by atoms with Crippen LogP contribution >= 0.6 is 0 Å². The molecule has 2 aliphatic rings. The molecule has 1 aromatic heterocycles. The first-order valence-corrected chi connectivity index (χ1v) is 7.52. The van der Waals surface area contributed by atoms with Gasteiger partial charge in [-0.05, 0) is 31.5 Å². The van der Waals surface area contributed by atoms with Crippen molar-refractivity contribution in [2.75, 3.05) is 19.6 Å². The highest BCUT2D eigenvalue weighted by atomic mass is 16.3. The van der Waals surface area contributed by atoms with E-state index in [0.717, 1.165) is 43.7 Å². The molecule has 0 spiro atoms. The number of pyridine rings is 1. The Morgan fingerprint density at radius 3 is 3.05 bits per heavy atom. The van der Waals surface area contributed by atoms with Crippen LogP contribution in [-0.2, 0) is 6.42 Å². The lowest BCUT2D eigenvalue weighted by Gasteiger charge is -2.38. The topological polar surface area (TPSA) is 36.4 Å². The fourth-order valence-electron chi connectivity index (χ4n) is 3.78. The highest BCUT2D eigenvalue weighted by Gasteiger charge is 2.44. The molecule has 3 nitrogen and oxygen atoms in total. The molecule has 104 valence electrons. The molecule has 0 amide bonds. The molecular weight excluding hydrogens is 248 g/mol. The summed E-state index contributed by atoms with van der Waals surface area (Å²) < 4.78 is 0. The van der Waals surface area contributed by atoms with E-state index in [9.17, 15) is 5.11 Å². The van der Waals surface area contributed by atoms with E-state index in [0.29, 0.717) is 12.3 Å². The molecule has 2 aromatic rings. The molecule has 2 bridgehead atoms. The monoisotopic (exact) mass is 268 g/mol. The minimum absolute atomic E-state index is 0.421. The lowest BCUT2D eigenvalue weighted by Crippen LogP contribution is -2.48. The third kappa shape index (κ3) is 2.02. The quantitative estimate of drug-likeness (QED) is 0.907. The third-order valence-electron chi connectivity index (χ3n) is 5.04. The van der Waals surface area contributed by atoms with Crippen molar-refractivity contribution in [3.8, 4) is 0 Å². The smallest absolute Gasteiger partial charge is 0.0755 e. The second-order valence-electron chi connectivity index (χ2n) is 6.31. The van der Waals surface area contributed by atoms with Crippen molar-refractivity contribution in [3.63, 3.8) is 0 Å². The summed E-state index contributed by atoms with van der Waals surface area (Å²) in [6, 6.07) is 12.4. The zero-order valence-corrected chi connectivity index (χ0v) is 11.6. The molecule has 3 heterocycles. The van der Waals surface area contributed by atoms with Crippen LogP contribution in [0.15, 0.2) is 36.4 Å². The Kier molecular flexibility index (Phi) is 2.79. The number of hydrogen-bond acceptors (Lipinski definition) is 3. The number of aromatic nitrogens is 1. The first kappa shape index (κ1) is 12.3. The fraction of sp³-hybridized carbons (Fsp3) is 0.471. The fourth-order valence-corrected chi connectivity index (χ4v) is 3.78. The molecule has 4 rings (SSSR count). The van der Waals surface area contributed by atoms with Crippen molar-refractivity contribution in [2.45, 2.75) is 24.9 Å². The van der Waals surface area contributed by atoms with Gasteiger partial charge in [0.15, 0.2) is 0 Å². The Morgan fingerprint density at radius 2 is 2.10 bits per heavy atom.